The van der Waals surface area contributed by atoms with Crippen LogP contribution < -0.4 is 20.1 Å². The lowest BCUT2D eigenvalue weighted by molar-refractivity contribution is 0.235. The van der Waals surface area contributed by atoms with Crippen molar-refractivity contribution >= 4 is 6.03 Å². The van der Waals surface area contributed by atoms with Crippen molar-refractivity contribution in [3.63, 3.8) is 0 Å². The number of hydrogen-bond acceptors (Lipinski definition) is 3. The first-order valence-corrected chi connectivity index (χ1v) is 8.51. The Balaban J connectivity index is 1.59. The predicted molar refractivity (Wildman–Crippen MR) is 96.8 cm³/mol. The molecule has 1 fully saturated rings. The first-order valence-electron chi connectivity index (χ1n) is 8.51. The molecule has 1 aliphatic carbocycles. The molecule has 25 heavy (non-hydrogen) atoms. The van der Waals surface area contributed by atoms with Gasteiger partial charge in [-0.2, -0.15) is 0 Å². The zero-order valence-corrected chi connectivity index (χ0v) is 14.6. The molecule has 2 aromatic carbocycles. The lowest BCUT2D eigenvalue weighted by atomic mass is 10.0. The van der Waals surface area contributed by atoms with Crippen LogP contribution in [-0.4, -0.2) is 20.3 Å². The Bertz CT molecular complexity index is 711. The largest absolute Gasteiger partial charge is 0.497 e. The van der Waals surface area contributed by atoms with Crippen molar-refractivity contribution in [2.45, 2.75) is 25.4 Å². The molecule has 2 aromatic rings. The van der Waals surface area contributed by atoms with Gasteiger partial charge in [-0.3, -0.25) is 0 Å². The average Bonchev–Trinajstić information content (AvgIpc) is 3.50. The van der Waals surface area contributed by atoms with Gasteiger partial charge in [-0.05, 0) is 54.2 Å². The second-order valence-electron chi connectivity index (χ2n) is 6.27. The molecule has 0 aliphatic heterocycles. The molecule has 0 saturated heterocycles. The Hall–Kier alpha value is -2.69. The van der Waals surface area contributed by atoms with E-state index in [1.807, 2.05) is 48.5 Å². The average molecular weight is 340 g/mol. The molecule has 5 nitrogen and oxygen atoms in total. The van der Waals surface area contributed by atoms with Crippen LogP contribution >= 0.6 is 0 Å². The van der Waals surface area contributed by atoms with Gasteiger partial charge in [0.15, 0.2) is 0 Å². The zero-order valence-electron chi connectivity index (χ0n) is 14.6. The van der Waals surface area contributed by atoms with Crippen LogP contribution in [0.3, 0.4) is 0 Å². The van der Waals surface area contributed by atoms with E-state index in [-0.39, 0.29) is 12.1 Å². The number of urea groups is 1. The summed E-state index contributed by atoms with van der Waals surface area (Å²) in [6.07, 6.45) is 2.29. The van der Waals surface area contributed by atoms with E-state index < -0.39 is 0 Å². The summed E-state index contributed by atoms with van der Waals surface area (Å²) in [5.74, 6) is 2.12. The third kappa shape index (κ3) is 4.66. The summed E-state index contributed by atoms with van der Waals surface area (Å²) in [6, 6.07) is 15.5. The van der Waals surface area contributed by atoms with Crippen molar-refractivity contribution in [3.8, 4) is 11.5 Å². The second-order valence-corrected chi connectivity index (χ2v) is 6.27. The minimum absolute atomic E-state index is 0.0382. The number of carbonyl (C=O) groups is 1. The summed E-state index contributed by atoms with van der Waals surface area (Å²) in [5.41, 5.74) is 2.11. The molecular weight excluding hydrogens is 316 g/mol. The van der Waals surface area contributed by atoms with Gasteiger partial charge < -0.3 is 20.1 Å². The van der Waals surface area contributed by atoms with Crippen molar-refractivity contribution in [2.24, 2.45) is 5.92 Å². The summed E-state index contributed by atoms with van der Waals surface area (Å²) in [5, 5.41) is 6.03. The predicted octanol–water partition coefficient (Wildman–Crippen LogP) is 3.65. The van der Waals surface area contributed by atoms with E-state index in [1.54, 1.807) is 14.2 Å². The highest BCUT2D eigenvalue weighted by Gasteiger charge is 2.33. The van der Waals surface area contributed by atoms with Crippen molar-refractivity contribution in [3.05, 3.63) is 59.7 Å². The summed E-state index contributed by atoms with van der Waals surface area (Å²) in [6.45, 7) is 0.461. The SMILES string of the molecule is COc1ccc(C(NC(=O)NCc2cccc(OC)c2)C2CC2)cc1. The van der Waals surface area contributed by atoms with Gasteiger partial charge in [0.2, 0.25) is 0 Å². The molecule has 1 saturated carbocycles. The van der Waals surface area contributed by atoms with E-state index in [9.17, 15) is 4.79 Å². The van der Waals surface area contributed by atoms with Gasteiger partial charge >= 0.3 is 6.03 Å². The lowest BCUT2D eigenvalue weighted by Gasteiger charge is -2.19. The van der Waals surface area contributed by atoms with Crippen LogP contribution in [0.15, 0.2) is 48.5 Å². The van der Waals surface area contributed by atoms with E-state index in [2.05, 4.69) is 10.6 Å². The van der Waals surface area contributed by atoms with Gasteiger partial charge in [0.25, 0.3) is 0 Å². The quantitative estimate of drug-likeness (QED) is 0.809. The molecular formula is C20H24N2O3. The number of benzene rings is 2. The van der Waals surface area contributed by atoms with Gasteiger partial charge in [0.1, 0.15) is 11.5 Å². The smallest absolute Gasteiger partial charge is 0.315 e. The number of amides is 2. The molecule has 0 heterocycles. The highest BCUT2D eigenvalue weighted by molar-refractivity contribution is 5.74. The fourth-order valence-electron chi connectivity index (χ4n) is 2.87. The molecule has 1 unspecified atom stereocenters. The molecule has 132 valence electrons. The fourth-order valence-corrected chi connectivity index (χ4v) is 2.87. The van der Waals surface area contributed by atoms with Gasteiger partial charge in [-0.25, -0.2) is 4.79 Å². The van der Waals surface area contributed by atoms with E-state index in [0.29, 0.717) is 12.5 Å². The standard InChI is InChI=1S/C20H24N2O3/c1-24-17-10-8-16(9-11-17)19(15-6-7-15)22-20(23)21-13-14-4-3-5-18(12-14)25-2/h3-5,8-12,15,19H,6-7,13H2,1-2H3,(H2,21,22,23). The molecule has 0 bridgehead atoms. The van der Waals surface area contributed by atoms with Crippen LogP contribution in [-0.2, 0) is 6.54 Å². The Kier molecular flexibility index (Phi) is 5.43. The number of methoxy groups -OCH3 is 2. The molecule has 2 N–H and O–H groups in total. The topological polar surface area (TPSA) is 59.6 Å². The Morgan fingerprint density at radius 3 is 2.44 bits per heavy atom. The van der Waals surface area contributed by atoms with Crippen molar-refractivity contribution < 1.29 is 14.3 Å². The molecule has 2 amide bonds. The van der Waals surface area contributed by atoms with Gasteiger partial charge in [-0.15, -0.1) is 0 Å². The molecule has 0 aromatic heterocycles. The fraction of sp³-hybridized carbons (Fsp3) is 0.350. The third-order valence-corrected chi connectivity index (χ3v) is 4.44. The maximum atomic E-state index is 12.3. The molecule has 3 rings (SSSR count). The number of nitrogens with one attached hydrogen (secondary N) is 2. The van der Waals surface area contributed by atoms with Crippen molar-refractivity contribution in [1.29, 1.82) is 0 Å². The number of carbonyl (C=O) groups excluding carboxylic acids is 1. The Morgan fingerprint density at radius 2 is 1.80 bits per heavy atom. The first kappa shape index (κ1) is 17.1. The first-order chi connectivity index (χ1) is 12.2. The summed E-state index contributed by atoms with van der Waals surface area (Å²) in [4.78, 5) is 12.3. The minimum atomic E-state index is -0.157. The van der Waals surface area contributed by atoms with Crippen LogP contribution in [0.1, 0.15) is 30.0 Å². The van der Waals surface area contributed by atoms with Crippen molar-refractivity contribution in [2.75, 3.05) is 14.2 Å². The van der Waals surface area contributed by atoms with Crippen LogP contribution in [0, 0.1) is 5.92 Å². The molecule has 1 atom stereocenters. The number of rotatable bonds is 7. The third-order valence-electron chi connectivity index (χ3n) is 4.44. The highest BCUT2D eigenvalue weighted by atomic mass is 16.5. The number of ether oxygens (including phenoxy) is 2. The van der Waals surface area contributed by atoms with Gasteiger partial charge in [0, 0.05) is 6.54 Å². The summed E-state index contributed by atoms with van der Waals surface area (Å²) < 4.78 is 10.4. The van der Waals surface area contributed by atoms with Crippen LogP contribution in [0.5, 0.6) is 11.5 Å². The van der Waals surface area contributed by atoms with E-state index in [1.165, 1.54) is 0 Å². The molecule has 5 heteroatoms. The summed E-state index contributed by atoms with van der Waals surface area (Å²) >= 11 is 0. The normalized spacial score (nSPS) is 14.5. The van der Waals surface area contributed by atoms with Crippen LogP contribution in [0.25, 0.3) is 0 Å². The monoisotopic (exact) mass is 340 g/mol. The van der Waals surface area contributed by atoms with Crippen LogP contribution in [0.2, 0.25) is 0 Å². The zero-order chi connectivity index (χ0) is 17.6. The van der Waals surface area contributed by atoms with E-state index in [0.717, 1.165) is 35.5 Å². The van der Waals surface area contributed by atoms with E-state index in [4.69, 9.17) is 9.47 Å². The Labute approximate surface area is 148 Å². The number of hydrogen-bond donors (Lipinski definition) is 2. The maximum absolute atomic E-state index is 12.3. The minimum Gasteiger partial charge on any atom is -0.497 e. The lowest BCUT2D eigenvalue weighted by Crippen LogP contribution is -2.38. The van der Waals surface area contributed by atoms with Gasteiger partial charge in [-0.1, -0.05) is 24.3 Å². The summed E-state index contributed by atoms with van der Waals surface area (Å²) in [7, 11) is 3.28. The van der Waals surface area contributed by atoms with E-state index >= 15 is 0 Å². The van der Waals surface area contributed by atoms with Gasteiger partial charge in [0.05, 0.1) is 20.3 Å². The highest BCUT2D eigenvalue weighted by Crippen LogP contribution is 2.41. The van der Waals surface area contributed by atoms with Crippen LogP contribution in [0.4, 0.5) is 4.79 Å². The Morgan fingerprint density at radius 1 is 1.08 bits per heavy atom. The molecule has 0 spiro atoms. The van der Waals surface area contributed by atoms with Crippen molar-refractivity contribution in [1.82, 2.24) is 10.6 Å². The molecule has 0 radical (unpaired) electrons. The molecule has 1 aliphatic rings. The second kappa shape index (κ2) is 7.92. The maximum Gasteiger partial charge on any atom is 0.315 e.